The van der Waals surface area contributed by atoms with Crippen molar-refractivity contribution in [2.45, 2.75) is 25.4 Å². The van der Waals surface area contributed by atoms with Gasteiger partial charge in [-0.05, 0) is 23.8 Å². The zero-order chi connectivity index (χ0) is 21.8. The van der Waals surface area contributed by atoms with Crippen molar-refractivity contribution in [1.29, 1.82) is 0 Å². The first-order valence-corrected chi connectivity index (χ1v) is 10.1. The maximum atomic E-state index is 13.7. The highest BCUT2D eigenvalue weighted by atomic mass is 16.2. The highest BCUT2D eigenvalue weighted by molar-refractivity contribution is 6.12. The van der Waals surface area contributed by atoms with Crippen molar-refractivity contribution < 1.29 is 14.4 Å². The number of para-hydroxylation sites is 2. The van der Waals surface area contributed by atoms with Crippen LogP contribution in [-0.2, 0) is 26.5 Å². The summed E-state index contributed by atoms with van der Waals surface area (Å²) in [5, 5.41) is 5.62. The van der Waals surface area contributed by atoms with Gasteiger partial charge in [0.25, 0.3) is 5.91 Å². The molecular formula is C25H23N3O3. The third-order valence-corrected chi connectivity index (χ3v) is 5.32. The molecule has 0 fully saturated rings. The van der Waals surface area contributed by atoms with Gasteiger partial charge in [0.05, 0.1) is 18.7 Å². The fourth-order valence-corrected chi connectivity index (χ4v) is 4.05. The van der Waals surface area contributed by atoms with E-state index in [0.29, 0.717) is 23.5 Å². The Balaban J connectivity index is 1.71. The molecule has 1 unspecified atom stereocenters. The Morgan fingerprint density at radius 1 is 0.871 bits per heavy atom. The molecule has 3 aromatic rings. The van der Waals surface area contributed by atoms with E-state index in [2.05, 4.69) is 10.6 Å². The minimum Gasteiger partial charge on any atom is -0.338 e. The normalized spacial score (nSPS) is 17.2. The number of hydrogen-bond donors (Lipinski definition) is 2. The van der Waals surface area contributed by atoms with Crippen LogP contribution in [0.25, 0.3) is 0 Å². The van der Waals surface area contributed by atoms with E-state index in [1.54, 1.807) is 23.1 Å². The van der Waals surface area contributed by atoms with E-state index >= 15 is 0 Å². The third-order valence-electron chi connectivity index (χ3n) is 5.32. The maximum absolute atomic E-state index is 13.7. The van der Waals surface area contributed by atoms with Crippen LogP contribution in [0.3, 0.4) is 0 Å². The van der Waals surface area contributed by atoms with E-state index in [0.717, 1.165) is 5.56 Å². The Morgan fingerprint density at radius 3 is 2.16 bits per heavy atom. The minimum atomic E-state index is -1.46. The summed E-state index contributed by atoms with van der Waals surface area (Å²) in [6.45, 7) is 1.70. The van der Waals surface area contributed by atoms with Crippen LogP contribution in [-0.4, -0.2) is 17.7 Å². The van der Waals surface area contributed by atoms with Crippen LogP contribution in [0.15, 0.2) is 84.9 Å². The lowest BCUT2D eigenvalue weighted by Gasteiger charge is -2.29. The molecule has 0 aliphatic carbocycles. The maximum Gasteiger partial charge on any atom is 0.258 e. The third kappa shape index (κ3) is 4.05. The van der Waals surface area contributed by atoms with Gasteiger partial charge in [-0.15, -0.1) is 0 Å². The molecule has 2 N–H and O–H groups in total. The topological polar surface area (TPSA) is 78.5 Å². The average molecular weight is 413 g/mol. The van der Waals surface area contributed by atoms with Crippen LogP contribution in [0.5, 0.6) is 0 Å². The number of amides is 3. The molecule has 31 heavy (non-hydrogen) atoms. The molecular weight excluding hydrogens is 390 g/mol. The SMILES string of the molecule is CC(=O)NC1(CC(=O)Nc2ccccc2)C(=O)N(Cc2ccccc2)c2ccccc21. The standard InChI is InChI=1S/C25H23N3O3/c1-18(29)27-25(16-23(30)26-20-12-6-3-7-13-20)21-14-8-9-15-22(21)28(24(25)31)17-19-10-4-2-5-11-19/h2-15H,16-17H2,1H3,(H,26,30)(H,27,29). The van der Waals surface area contributed by atoms with E-state index < -0.39 is 5.54 Å². The summed E-state index contributed by atoms with van der Waals surface area (Å²) in [7, 11) is 0. The van der Waals surface area contributed by atoms with Gasteiger partial charge < -0.3 is 15.5 Å². The van der Waals surface area contributed by atoms with E-state index in [-0.39, 0.29) is 24.1 Å². The summed E-state index contributed by atoms with van der Waals surface area (Å²) in [4.78, 5) is 40.5. The number of anilines is 2. The molecule has 6 heteroatoms. The van der Waals surface area contributed by atoms with Gasteiger partial charge in [0.15, 0.2) is 5.54 Å². The molecule has 3 aromatic carbocycles. The summed E-state index contributed by atoms with van der Waals surface area (Å²) in [5.74, 6) is -1.06. The number of fused-ring (bicyclic) bond motifs is 1. The predicted octanol–water partition coefficient (Wildman–Crippen LogP) is 3.59. The molecule has 4 rings (SSSR count). The van der Waals surface area contributed by atoms with Crippen molar-refractivity contribution in [3.8, 4) is 0 Å². The van der Waals surface area contributed by atoms with Crippen molar-refractivity contribution in [3.63, 3.8) is 0 Å². The highest BCUT2D eigenvalue weighted by Gasteiger charge is 2.52. The second-order valence-corrected chi connectivity index (χ2v) is 7.57. The molecule has 1 aliphatic rings. The Morgan fingerprint density at radius 2 is 1.48 bits per heavy atom. The van der Waals surface area contributed by atoms with Gasteiger partial charge in [-0.1, -0.05) is 66.7 Å². The first-order chi connectivity index (χ1) is 15.0. The summed E-state index contributed by atoms with van der Waals surface area (Å²) >= 11 is 0. The molecule has 1 atom stereocenters. The quantitative estimate of drug-likeness (QED) is 0.648. The molecule has 0 saturated carbocycles. The van der Waals surface area contributed by atoms with Crippen LogP contribution in [0, 0.1) is 0 Å². The smallest absolute Gasteiger partial charge is 0.258 e. The molecule has 0 bridgehead atoms. The molecule has 0 saturated heterocycles. The first kappa shape index (κ1) is 20.3. The molecule has 1 heterocycles. The van der Waals surface area contributed by atoms with Gasteiger partial charge in [-0.3, -0.25) is 14.4 Å². The molecule has 156 valence electrons. The van der Waals surface area contributed by atoms with Crippen molar-refractivity contribution in [1.82, 2.24) is 5.32 Å². The lowest BCUT2D eigenvalue weighted by molar-refractivity contribution is -0.133. The van der Waals surface area contributed by atoms with Gasteiger partial charge in [-0.2, -0.15) is 0 Å². The van der Waals surface area contributed by atoms with E-state index in [9.17, 15) is 14.4 Å². The highest BCUT2D eigenvalue weighted by Crippen LogP contribution is 2.43. The summed E-state index contributed by atoms with van der Waals surface area (Å²) < 4.78 is 0. The predicted molar refractivity (Wildman–Crippen MR) is 119 cm³/mol. The van der Waals surface area contributed by atoms with Crippen LogP contribution in [0.2, 0.25) is 0 Å². The number of nitrogens with one attached hydrogen (secondary N) is 2. The molecule has 0 aromatic heterocycles. The number of nitrogens with zero attached hydrogens (tertiary/aromatic N) is 1. The zero-order valence-corrected chi connectivity index (χ0v) is 17.2. The Hall–Kier alpha value is -3.93. The second-order valence-electron chi connectivity index (χ2n) is 7.57. The molecule has 1 aliphatic heterocycles. The number of hydrogen-bond acceptors (Lipinski definition) is 3. The van der Waals surface area contributed by atoms with Gasteiger partial charge in [-0.25, -0.2) is 0 Å². The number of carbonyl (C=O) groups excluding carboxylic acids is 3. The van der Waals surface area contributed by atoms with Crippen LogP contribution in [0.4, 0.5) is 11.4 Å². The van der Waals surface area contributed by atoms with Gasteiger partial charge in [0.1, 0.15) is 0 Å². The largest absolute Gasteiger partial charge is 0.338 e. The molecule has 6 nitrogen and oxygen atoms in total. The lowest BCUT2D eigenvalue weighted by Crippen LogP contribution is -2.54. The Labute approximate surface area is 180 Å². The first-order valence-electron chi connectivity index (χ1n) is 10.1. The fraction of sp³-hybridized carbons (Fsp3) is 0.160. The second kappa shape index (κ2) is 8.44. The fourth-order valence-electron chi connectivity index (χ4n) is 4.05. The molecule has 3 amide bonds. The van der Waals surface area contributed by atoms with Crippen LogP contribution < -0.4 is 15.5 Å². The van der Waals surface area contributed by atoms with Crippen LogP contribution in [0.1, 0.15) is 24.5 Å². The molecule has 0 radical (unpaired) electrons. The van der Waals surface area contributed by atoms with Crippen molar-refractivity contribution >= 4 is 29.1 Å². The zero-order valence-electron chi connectivity index (χ0n) is 17.2. The van der Waals surface area contributed by atoms with Crippen molar-refractivity contribution in [2.24, 2.45) is 0 Å². The Bertz CT molecular complexity index is 1120. The van der Waals surface area contributed by atoms with Crippen LogP contribution >= 0.6 is 0 Å². The minimum absolute atomic E-state index is 0.206. The summed E-state index contributed by atoms with van der Waals surface area (Å²) in [6.07, 6.45) is -0.206. The van der Waals surface area contributed by atoms with Gasteiger partial charge in [0, 0.05) is 18.2 Å². The molecule has 0 spiro atoms. The van der Waals surface area contributed by atoms with Crippen molar-refractivity contribution in [2.75, 3.05) is 10.2 Å². The lowest BCUT2D eigenvalue weighted by atomic mass is 9.87. The Kier molecular flexibility index (Phi) is 5.54. The number of rotatable bonds is 6. The summed E-state index contributed by atoms with van der Waals surface area (Å²) in [5.41, 5.74) is 1.44. The average Bonchev–Trinajstić information content (AvgIpc) is 2.97. The van der Waals surface area contributed by atoms with E-state index in [1.807, 2.05) is 66.7 Å². The number of carbonyl (C=O) groups is 3. The van der Waals surface area contributed by atoms with E-state index in [1.165, 1.54) is 6.92 Å². The summed E-state index contributed by atoms with van der Waals surface area (Å²) in [6, 6.07) is 25.9. The monoisotopic (exact) mass is 413 g/mol. The van der Waals surface area contributed by atoms with Gasteiger partial charge >= 0.3 is 0 Å². The number of benzene rings is 3. The van der Waals surface area contributed by atoms with Gasteiger partial charge in [0.2, 0.25) is 11.8 Å². The van der Waals surface area contributed by atoms with Crippen molar-refractivity contribution in [3.05, 3.63) is 96.1 Å². The van der Waals surface area contributed by atoms with E-state index in [4.69, 9.17) is 0 Å².